The summed E-state index contributed by atoms with van der Waals surface area (Å²) in [5.41, 5.74) is 0.293. The van der Waals surface area contributed by atoms with E-state index in [0.717, 1.165) is 32.8 Å². The average molecular weight is 312 g/mol. The summed E-state index contributed by atoms with van der Waals surface area (Å²) in [4.78, 5) is 13.0. The molecule has 0 spiro atoms. The van der Waals surface area contributed by atoms with Gasteiger partial charge in [0, 0.05) is 31.3 Å². The van der Waals surface area contributed by atoms with E-state index in [1.54, 1.807) is 6.07 Å². The van der Waals surface area contributed by atoms with Gasteiger partial charge in [0.2, 0.25) is 0 Å². The number of carbonyl (C=O) groups excluding carboxylic acids is 1. The summed E-state index contributed by atoms with van der Waals surface area (Å²) in [6, 6.07) is 4.55. The highest BCUT2D eigenvalue weighted by Crippen LogP contribution is 2.24. The molecule has 0 aromatic heterocycles. The van der Waals surface area contributed by atoms with Gasteiger partial charge in [-0.25, -0.2) is 0 Å². The van der Waals surface area contributed by atoms with Gasteiger partial charge in [0.25, 0.3) is 0 Å². The molecule has 0 N–H and O–H groups in total. The van der Waals surface area contributed by atoms with Crippen LogP contribution in [0.25, 0.3) is 0 Å². The molecule has 21 heavy (non-hydrogen) atoms. The summed E-state index contributed by atoms with van der Waals surface area (Å²) in [6.45, 7) is 4.45. The third-order valence-corrected chi connectivity index (χ3v) is 3.43. The standard InChI is InChI=1S/C13H16N2O5S/c16-10-11-1-2-12(9-13(11)14-21(17)18)20-8-5-15-3-6-19-7-4-15/h1-2,9-10H,3-8H2. The van der Waals surface area contributed by atoms with Crippen molar-refractivity contribution in [2.24, 2.45) is 4.36 Å². The maximum atomic E-state index is 10.8. The number of carbonyl (C=O) groups is 1. The lowest BCUT2D eigenvalue weighted by Gasteiger charge is -2.26. The summed E-state index contributed by atoms with van der Waals surface area (Å²) in [7, 11) is -2.61. The lowest BCUT2D eigenvalue weighted by Crippen LogP contribution is -2.38. The second-order valence-electron chi connectivity index (χ2n) is 4.45. The van der Waals surface area contributed by atoms with Gasteiger partial charge in [-0.15, -0.1) is 4.36 Å². The van der Waals surface area contributed by atoms with Crippen LogP contribution in [0.1, 0.15) is 10.4 Å². The molecule has 0 amide bonds. The molecule has 0 saturated carbocycles. The molecule has 1 aromatic rings. The van der Waals surface area contributed by atoms with Gasteiger partial charge in [0.05, 0.1) is 18.9 Å². The molecule has 2 rings (SSSR count). The van der Waals surface area contributed by atoms with Crippen molar-refractivity contribution < 1.29 is 22.7 Å². The number of nitrogens with zero attached hydrogens (tertiary/aromatic N) is 2. The Kier molecular flexibility index (Phi) is 5.85. The minimum Gasteiger partial charge on any atom is -0.492 e. The van der Waals surface area contributed by atoms with Crippen LogP contribution in [0.5, 0.6) is 5.75 Å². The van der Waals surface area contributed by atoms with Crippen LogP contribution in [-0.2, 0) is 15.2 Å². The van der Waals surface area contributed by atoms with Gasteiger partial charge in [-0.3, -0.25) is 9.69 Å². The van der Waals surface area contributed by atoms with Crippen molar-refractivity contribution in [3.63, 3.8) is 0 Å². The Morgan fingerprint density at radius 3 is 2.76 bits per heavy atom. The monoisotopic (exact) mass is 312 g/mol. The van der Waals surface area contributed by atoms with Crippen LogP contribution in [0, 0.1) is 0 Å². The number of aldehydes is 1. The molecule has 0 unspecified atom stereocenters. The summed E-state index contributed by atoms with van der Waals surface area (Å²) in [6.07, 6.45) is 0.559. The van der Waals surface area contributed by atoms with Crippen molar-refractivity contribution in [1.82, 2.24) is 4.90 Å². The Bertz CT molecular complexity index is 615. The lowest BCUT2D eigenvalue weighted by atomic mass is 10.2. The zero-order chi connectivity index (χ0) is 15.1. The summed E-state index contributed by atoms with van der Waals surface area (Å²) < 4.78 is 35.4. The van der Waals surface area contributed by atoms with Gasteiger partial charge < -0.3 is 9.47 Å². The van der Waals surface area contributed by atoms with Crippen LogP contribution < -0.4 is 4.74 Å². The fourth-order valence-electron chi connectivity index (χ4n) is 1.99. The fraction of sp³-hybridized carbons (Fsp3) is 0.462. The summed E-state index contributed by atoms with van der Waals surface area (Å²) in [5.74, 6) is 0.484. The Hall–Kier alpha value is -1.77. The number of hydrogen-bond donors (Lipinski definition) is 0. The molecule has 1 aliphatic rings. The quantitative estimate of drug-likeness (QED) is 0.726. The van der Waals surface area contributed by atoms with Crippen LogP contribution in [0.3, 0.4) is 0 Å². The molecule has 1 aromatic carbocycles. The van der Waals surface area contributed by atoms with Crippen molar-refractivity contribution in [2.75, 3.05) is 39.5 Å². The average Bonchev–Trinajstić information content (AvgIpc) is 2.48. The third-order valence-electron chi connectivity index (χ3n) is 3.08. The smallest absolute Gasteiger partial charge is 0.316 e. The number of benzene rings is 1. The molecule has 0 radical (unpaired) electrons. The van der Waals surface area contributed by atoms with Gasteiger partial charge in [0.1, 0.15) is 12.4 Å². The topological polar surface area (TPSA) is 85.3 Å². The first-order chi connectivity index (χ1) is 10.2. The fourth-order valence-corrected chi connectivity index (χ4v) is 2.31. The van der Waals surface area contributed by atoms with Gasteiger partial charge in [-0.2, -0.15) is 8.42 Å². The molecule has 0 atom stereocenters. The van der Waals surface area contributed by atoms with Gasteiger partial charge >= 0.3 is 10.5 Å². The van der Waals surface area contributed by atoms with E-state index >= 15 is 0 Å². The molecule has 7 nitrogen and oxygen atoms in total. The van der Waals surface area contributed by atoms with Crippen molar-refractivity contribution in [3.8, 4) is 5.75 Å². The first kappa shape index (κ1) is 15.6. The normalized spacial score (nSPS) is 15.4. The predicted molar refractivity (Wildman–Crippen MR) is 75.6 cm³/mol. The molecule has 1 saturated heterocycles. The van der Waals surface area contributed by atoms with E-state index in [1.807, 2.05) is 0 Å². The molecular weight excluding hydrogens is 296 g/mol. The van der Waals surface area contributed by atoms with Crippen molar-refractivity contribution in [3.05, 3.63) is 23.8 Å². The van der Waals surface area contributed by atoms with Gasteiger partial charge in [-0.1, -0.05) is 0 Å². The van der Waals surface area contributed by atoms with Crippen LogP contribution in [0.2, 0.25) is 0 Å². The molecule has 1 fully saturated rings. The maximum Gasteiger partial charge on any atom is 0.316 e. The zero-order valence-electron chi connectivity index (χ0n) is 11.4. The molecule has 1 aliphatic heterocycles. The van der Waals surface area contributed by atoms with Crippen molar-refractivity contribution in [1.29, 1.82) is 0 Å². The van der Waals surface area contributed by atoms with E-state index in [1.165, 1.54) is 12.1 Å². The number of ether oxygens (including phenoxy) is 2. The van der Waals surface area contributed by atoms with Crippen molar-refractivity contribution in [2.45, 2.75) is 0 Å². The van der Waals surface area contributed by atoms with Crippen LogP contribution >= 0.6 is 0 Å². The Balaban J connectivity index is 1.96. The van der Waals surface area contributed by atoms with Gasteiger partial charge in [-0.05, 0) is 12.1 Å². The molecule has 1 heterocycles. The largest absolute Gasteiger partial charge is 0.492 e. The molecule has 0 aliphatic carbocycles. The second-order valence-corrected chi connectivity index (χ2v) is 5.07. The zero-order valence-corrected chi connectivity index (χ0v) is 12.2. The van der Waals surface area contributed by atoms with Crippen LogP contribution in [-0.4, -0.2) is 59.1 Å². The van der Waals surface area contributed by atoms with Crippen LogP contribution in [0.15, 0.2) is 22.6 Å². The van der Waals surface area contributed by atoms with Crippen molar-refractivity contribution >= 4 is 22.5 Å². The SMILES string of the molecule is O=Cc1ccc(OCCN2CCOCC2)cc1N=S(=O)=O. The highest BCUT2D eigenvalue weighted by molar-refractivity contribution is 7.61. The van der Waals surface area contributed by atoms with E-state index in [-0.39, 0.29) is 11.3 Å². The van der Waals surface area contributed by atoms with E-state index < -0.39 is 10.5 Å². The summed E-state index contributed by atoms with van der Waals surface area (Å²) in [5, 5.41) is 0. The van der Waals surface area contributed by atoms with Crippen LogP contribution in [0.4, 0.5) is 5.69 Å². The second kappa shape index (κ2) is 7.87. The first-order valence-electron chi connectivity index (χ1n) is 6.52. The van der Waals surface area contributed by atoms with E-state index in [9.17, 15) is 13.2 Å². The molecule has 114 valence electrons. The van der Waals surface area contributed by atoms with E-state index in [4.69, 9.17) is 9.47 Å². The highest BCUT2D eigenvalue weighted by atomic mass is 32.2. The number of hydrogen-bond acceptors (Lipinski definition) is 7. The minimum absolute atomic E-state index is 0.0854. The van der Waals surface area contributed by atoms with E-state index in [0.29, 0.717) is 18.6 Å². The lowest BCUT2D eigenvalue weighted by molar-refractivity contribution is 0.0322. The maximum absolute atomic E-state index is 10.8. The minimum atomic E-state index is -2.61. The Labute approximate surface area is 124 Å². The number of morpholine rings is 1. The molecule has 8 heteroatoms. The third kappa shape index (κ3) is 4.92. The summed E-state index contributed by atoms with van der Waals surface area (Å²) >= 11 is 0. The highest BCUT2D eigenvalue weighted by Gasteiger charge is 2.10. The van der Waals surface area contributed by atoms with E-state index in [2.05, 4.69) is 9.26 Å². The first-order valence-corrected chi connectivity index (χ1v) is 7.55. The number of rotatable bonds is 6. The molecular formula is C13H16N2O5S. The molecule has 0 bridgehead atoms. The Morgan fingerprint density at radius 1 is 1.33 bits per heavy atom. The predicted octanol–water partition coefficient (Wildman–Crippen LogP) is 0.904. The van der Waals surface area contributed by atoms with Gasteiger partial charge in [0.15, 0.2) is 6.29 Å². The Morgan fingerprint density at radius 2 is 2.10 bits per heavy atom.